The van der Waals surface area contributed by atoms with E-state index < -0.39 is 19.9 Å². The standard InChI is InChI=1S/C15H13Cl4NO2S/c1-10-2-8-13(9-3-10)23(21,22)20-14(15(17,18)19)11-4-6-12(16)7-5-11/h2-9,14,20H,1H3/t14-/m0/s1. The summed E-state index contributed by atoms with van der Waals surface area (Å²) in [4.78, 5) is 0.0938. The SMILES string of the molecule is Cc1ccc(S(=O)(=O)N[C@@H](c2ccc(Cl)cc2)C(Cl)(Cl)Cl)cc1. The minimum Gasteiger partial charge on any atom is -0.207 e. The van der Waals surface area contributed by atoms with Crippen LogP contribution in [0.1, 0.15) is 17.2 Å². The van der Waals surface area contributed by atoms with Gasteiger partial charge in [-0.3, -0.25) is 0 Å². The molecule has 0 saturated carbocycles. The zero-order valence-corrected chi connectivity index (χ0v) is 15.8. The number of hydrogen-bond acceptors (Lipinski definition) is 2. The summed E-state index contributed by atoms with van der Waals surface area (Å²) < 4.78 is 25.6. The van der Waals surface area contributed by atoms with Crippen molar-refractivity contribution in [1.82, 2.24) is 4.72 Å². The van der Waals surface area contributed by atoms with Gasteiger partial charge in [0.25, 0.3) is 0 Å². The van der Waals surface area contributed by atoms with E-state index in [4.69, 9.17) is 46.4 Å². The lowest BCUT2D eigenvalue weighted by molar-refractivity contribution is 0.558. The van der Waals surface area contributed by atoms with Gasteiger partial charge in [0.05, 0.1) is 10.9 Å². The Hall–Kier alpha value is -0.490. The van der Waals surface area contributed by atoms with Crippen molar-refractivity contribution >= 4 is 56.4 Å². The second-order valence-electron chi connectivity index (χ2n) is 4.96. The fourth-order valence-corrected chi connectivity index (χ4v) is 4.04. The van der Waals surface area contributed by atoms with E-state index in [1.807, 2.05) is 6.92 Å². The quantitative estimate of drug-likeness (QED) is 0.715. The maximum Gasteiger partial charge on any atom is 0.241 e. The van der Waals surface area contributed by atoms with Crippen LogP contribution in [0, 0.1) is 6.92 Å². The average molecular weight is 413 g/mol. The Kier molecular flexibility index (Phi) is 5.88. The van der Waals surface area contributed by atoms with E-state index in [0.717, 1.165) is 5.56 Å². The molecule has 0 saturated heterocycles. The molecule has 0 aliphatic rings. The van der Waals surface area contributed by atoms with E-state index in [-0.39, 0.29) is 4.90 Å². The van der Waals surface area contributed by atoms with Crippen LogP contribution < -0.4 is 4.72 Å². The molecule has 0 radical (unpaired) electrons. The van der Waals surface area contributed by atoms with E-state index in [1.165, 1.54) is 12.1 Å². The Morgan fingerprint density at radius 1 is 0.957 bits per heavy atom. The fourth-order valence-electron chi connectivity index (χ4n) is 1.92. The van der Waals surface area contributed by atoms with Gasteiger partial charge in [0.15, 0.2) is 0 Å². The van der Waals surface area contributed by atoms with Crippen molar-refractivity contribution in [3.63, 3.8) is 0 Å². The Bertz CT molecular complexity index is 769. The zero-order valence-electron chi connectivity index (χ0n) is 11.9. The highest BCUT2D eigenvalue weighted by atomic mass is 35.6. The van der Waals surface area contributed by atoms with Crippen LogP contribution in [-0.2, 0) is 10.0 Å². The smallest absolute Gasteiger partial charge is 0.207 e. The molecule has 0 aromatic heterocycles. The van der Waals surface area contributed by atoms with Gasteiger partial charge in [-0.15, -0.1) is 0 Å². The number of hydrogen-bond donors (Lipinski definition) is 1. The van der Waals surface area contributed by atoms with Gasteiger partial charge in [-0.2, -0.15) is 4.72 Å². The second-order valence-corrected chi connectivity index (χ2v) is 9.48. The van der Waals surface area contributed by atoms with Crippen molar-refractivity contribution in [2.45, 2.75) is 21.7 Å². The maximum atomic E-state index is 12.5. The highest BCUT2D eigenvalue weighted by Gasteiger charge is 2.37. The third-order valence-electron chi connectivity index (χ3n) is 3.13. The predicted molar refractivity (Wildman–Crippen MR) is 96.0 cm³/mol. The molecule has 0 fully saturated rings. The highest BCUT2D eigenvalue weighted by Crippen LogP contribution is 2.40. The van der Waals surface area contributed by atoms with Gasteiger partial charge < -0.3 is 0 Å². The topological polar surface area (TPSA) is 46.2 Å². The molecular formula is C15H13Cl4NO2S. The van der Waals surface area contributed by atoms with Crippen molar-refractivity contribution in [1.29, 1.82) is 0 Å². The van der Waals surface area contributed by atoms with Crippen LogP contribution in [0.3, 0.4) is 0 Å². The third kappa shape index (κ3) is 4.99. The van der Waals surface area contributed by atoms with Crippen LogP contribution in [0.2, 0.25) is 5.02 Å². The molecule has 2 aromatic carbocycles. The van der Waals surface area contributed by atoms with Crippen LogP contribution in [0.25, 0.3) is 0 Å². The van der Waals surface area contributed by atoms with Gasteiger partial charge in [0, 0.05) is 5.02 Å². The molecule has 3 nitrogen and oxygen atoms in total. The minimum absolute atomic E-state index is 0.0938. The molecule has 1 atom stereocenters. The summed E-state index contributed by atoms with van der Waals surface area (Å²) in [6, 6.07) is 11.7. The molecule has 0 heterocycles. The van der Waals surface area contributed by atoms with Gasteiger partial charge in [0.1, 0.15) is 0 Å². The van der Waals surface area contributed by atoms with Gasteiger partial charge >= 0.3 is 0 Å². The summed E-state index contributed by atoms with van der Waals surface area (Å²) in [6.07, 6.45) is 0. The molecule has 2 aromatic rings. The summed E-state index contributed by atoms with van der Waals surface area (Å²) in [5.41, 5.74) is 1.43. The van der Waals surface area contributed by atoms with Gasteiger partial charge in [-0.1, -0.05) is 76.2 Å². The van der Waals surface area contributed by atoms with Gasteiger partial charge in [0.2, 0.25) is 13.8 Å². The summed E-state index contributed by atoms with van der Waals surface area (Å²) in [5, 5.41) is 0.498. The van der Waals surface area contributed by atoms with Crippen LogP contribution in [-0.4, -0.2) is 12.2 Å². The monoisotopic (exact) mass is 411 g/mol. The first-order valence-corrected chi connectivity index (χ1v) is 9.50. The highest BCUT2D eigenvalue weighted by molar-refractivity contribution is 7.89. The van der Waals surface area contributed by atoms with Crippen LogP contribution in [0.4, 0.5) is 0 Å². The van der Waals surface area contributed by atoms with Gasteiger partial charge in [-0.25, -0.2) is 8.42 Å². The number of benzene rings is 2. The van der Waals surface area contributed by atoms with Gasteiger partial charge in [-0.05, 0) is 36.8 Å². The van der Waals surface area contributed by atoms with Crippen molar-refractivity contribution < 1.29 is 8.42 Å². The van der Waals surface area contributed by atoms with Crippen LogP contribution >= 0.6 is 46.4 Å². The number of aryl methyl sites for hydroxylation is 1. The molecule has 0 spiro atoms. The van der Waals surface area contributed by atoms with E-state index in [9.17, 15) is 8.42 Å². The number of nitrogens with one attached hydrogen (secondary N) is 1. The number of alkyl halides is 3. The molecule has 2 rings (SSSR count). The molecule has 23 heavy (non-hydrogen) atoms. The molecular weight excluding hydrogens is 400 g/mol. The third-order valence-corrected chi connectivity index (χ3v) is 5.48. The summed E-state index contributed by atoms with van der Waals surface area (Å²) in [5.74, 6) is 0. The van der Waals surface area contributed by atoms with E-state index in [0.29, 0.717) is 10.6 Å². The van der Waals surface area contributed by atoms with Crippen molar-refractivity contribution in [3.8, 4) is 0 Å². The van der Waals surface area contributed by atoms with Crippen molar-refractivity contribution in [2.24, 2.45) is 0 Å². The summed E-state index contributed by atoms with van der Waals surface area (Å²) >= 11 is 23.7. The lowest BCUT2D eigenvalue weighted by Crippen LogP contribution is -2.36. The molecule has 0 bridgehead atoms. The number of halogens is 4. The Morgan fingerprint density at radius 2 is 1.48 bits per heavy atom. The molecule has 1 N–H and O–H groups in total. The first-order valence-electron chi connectivity index (χ1n) is 6.51. The van der Waals surface area contributed by atoms with E-state index in [2.05, 4.69) is 4.72 Å². The predicted octanol–water partition coefficient (Wildman–Crippen LogP) is 5.04. The second kappa shape index (κ2) is 7.18. The van der Waals surface area contributed by atoms with Crippen LogP contribution in [0.5, 0.6) is 0 Å². The molecule has 0 unspecified atom stereocenters. The number of rotatable bonds is 4. The first-order chi connectivity index (χ1) is 10.6. The molecule has 0 aliphatic carbocycles. The van der Waals surface area contributed by atoms with Crippen molar-refractivity contribution in [2.75, 3.05) is 0 Å². The largest absolute Gasteiger partial charge is 0.241 e. The Labute approximate surface area is 155 Å². The average Bonchev–Trinajstić information content (AvgIpc) is 2.45. The van der Waals surface area contributed by atoms with E-state index >= 15 is 0 Å². The van der Waals surface area contributed by atoms with E-state index in [1.54, 1.807) is 36.4 Å². The number of sulfonamides is 1. The Balaban J connectivity index is 2.38. The molecule has 0 amide bonds. The maximum absolute atomic E-state index is 12.5. The summed E-state index contributed by atoms with van der Waals surface area (Å²) in [6.45, 7) is 1.86. The first kappa shape index (κ1) is 18.8. The normalized spacial score (nSPS) is 13.8. The fraction of sp³-hybridized carbons (Fsp3) is 0.200. The lowest BCUT2D eigenvalue weighted by Gasteiger charge is -2.26. The van der Waals surface area contributed by atoms with Crippen molar-refractivity contribution in [3.05, 3.63) is 64.7 Å². The minimum atomic E-state index is -3.85. The molecule has 124 valence electrons. The zero-order chi connectivity index (χ0) is 17.3. The molecule has 8 heteroatoms. The van der Waals surface area contributed by atoms with Crippen LogP contribution in [0.15, 0.2) is 53.4 Å². The lowest BCUT2D eigenvalue weighted by atomic mass is 10.1. The Morgan fingerprint density at radius 3 is 1.96 bits per heavy atom. The summed E-state index contributed by atoms with van der Waals surface area (Å²) in [7, 11) is -3.85. The molecule has 0 aliphatic heterocycles.